The highest BCUT2D eigenvalue weighted by Crippen LogP contribution is 2.27. The predicted molar refractivity (Wildman–Crippen MR) is 46.3 cm³/mol. The van der Waals surface area contributed by atoms with E-state index in [4.69, 9.17) is 11.5 Å². The van der Waals surface area contributed by atoms with Gasteiger partial charge in [0.2, 0.25) is 0 Å². The van der Waals surface area contributed by atoms with Crippen LogP contribution in [0.25, 0.3) is 0 Å². The van der Waals surface area contributed by atoms with E-state index in [9.17, 15) is 0 Å². The Kier molecular flexibility index (Phi) is 2.04. The fourth-order valence-electron chi connectivity index (χ4n) is 0.943. The minimum absolute atomic E-state index is 0.712. The van der Waals surface area contributed by atoms with Gasteiger partial charge >= 0.3 is 0 Å². The van der Waals surface area contributed by atoms with E-state index in [0.717, 1.165) is 23.0 Å². The van der Waals surface area contributed by atoms with Crippen molar-refractivity contribution in [2.24, 2.45) is 11.5 Å². The van der Waals surface area contributed by atoms with Gasteiger partial charge in [0.25, 0.3) is 0 Å². The van der Waals surface area contributed by atoms with Gasteiger partial charge in [0.1, 0.15) is 0 Å². The largest absolute Gasteiger partial charge is 0.397 e. The molecule has 10 heavy (non-hydrogen) atoms. The summed E-state index contributed by atoms with van der Waals surface area (Å²) < 4.78 is 1.04. The second-order valence-electron chi connectivity index (χ2n) is 2.51. The molecule has 0 aromatic rings. The summed E-state index contributed by atoms with van der Waals surface area (Å²) in [6.45, 7) is 2.02. The zero-order valence-electron chi connectivity index (χ0n) is 5.95. The van der Waals surface area contributed by atoms with Crippen molar-refractivity contribution in [2.45, 2.75) is 19.8 Å². The van der Waals surface area contributed by atoms with Gasteiger partial charge in [-0.05, 0) is 25.3 Å². The van der Waals surface area contributed by atoms with Gasteiger partial charge in [-0.1, -0.05) is 15.9 Å². The van der Waals surface area contributed by atoms with Crippen LogP contribution in [0.5, 0.6) is 0 Å². The molecule has 0 aromatic heterocycles. The molecule has 0 heterocycles. The van der Waals surface area contributed by atoms with Gasteiger partial charge in [0, 0.05) is 4.48 Å². The average Bonchev–Trinajstić information content (AvgIpc) is 1.93. The van der Waals surface area contributed by atoms with E-state index in [0.29, 0.717) is 5.70 Å². The Bertz CT molecular complexity index is 192. The summed E-state index contributed by atoms with van der Waals surface area (Å²) in [5, 5.41) is 0. The Morgan fingerprint density at radius 1 is 1.20 bits per heavy atom. The van der Waals surface area contributed by atoms with Gasteiger partial charge < -0.3 is 11.5 Å². The molecule has 0 saturated heterocycles. The van der Waals surface area contributed by atoms with Crippen LogP contribution in [0, 0.1) is 0 Å². The molecule has 4 N–H and O–H groups in total. The highest BCUT2D eigenvalue weighted by molar-refractivity contribution is 9.11. The molecule has 1 aliphatic rings. The second-order valence-corrected chi connectivity index (χ2v) is 3.47. The Morgan fingerprint density at radius 2 is 1.80 bits per heavy atom. The third kappa shape index (κ3) is 1.19. The van der Waals surface area contributed by atoms with Crippen molar-refractivity contribution in [3.8, 4) is 0 Å². The van der Waals surface area contributed by atoms with Crippen LogP contribution in [0.15, 0.2) is 21.4 Å². The topological polar surface area (TPSA) is 52.0 Å². The summed E-state index contributed by atoms with van der Waals surface area (Å²) in [6, 6.07) is 0. The van der Waals surface area contributed by atoms with Gasteiger partial charge in [0.15, 0.2) is 0 Å². The molecule has 1 aliphatic carbocycles. The lowest BCUT2D eigenvalue weighted by atomic mass is 10.0. The number of nitrogens with two attached hydrogens (primary N) is 2. The quantitative estimate of drug-likeness (QED) is 0.627. The van der Waals surface area contributed by atoms with Crippen LogP contribution in [0.3, 0.4) is 0 Å². The second kappa shape index (κ2) is 2.66. The smallest absolute Gasteiger partial charge is 0.0650 e. The van der Waals surface area contributed by atoms with Crippen LogP contribution >= 0.6 is 15.9 Å². The first-order valence-corrected chi connectivity index (χ1v) is 4.02. The molecule has 0 spiro atoms. The van der Waals surface area contributed by atoms with Crippen LogP contribution in [-0.2, 0) is 0 Å². The third-order valence-corrected chi connectivity index (χ3v) is 2.59. The van der Waals surface area contributed by atoms with E-state index in [2.05, 4.69) is 15.9 Å². The number of halogens is 1. The standard InChI is InChI=1S/C7H11BrN2/c1-4-2-3-5(8)7(10)6(4)9/h2-3,9-10H2,1H3. The van der Waals surface area contributed by atoms with Gasteiger partial charge in [-0.25, -0.2) is 0 Å². The van der Waals surface area contributed by atoms with Crippen molar-refractivity contribution >= 4 is 15.9 Å². The summed E-state index contributed by atoms with van der Waals surface area (Å²) in [5.74, 6) is 0. The van der Waals surface area contributed by atoms with Crippen LogP contribution in [0.1, 0.15) is 19.8 Å². The SMILES string of the molecule is CC1=C(N)C(N)=C(Br)CC1. The van der Waals surface area contributed by atoms with Crippen LogP contribution in [0.4, 0.5) is 0 Å². The molecule has 0 aromatic carbocycles. The van der Waals surface area contributed by atoms with Crippen molar-refractivity contribution in [1.82, 2.24) is 0 Å². The van der Waals surface area contributed by atoms with Crippen molar-refractivity contribution in [2.75, 3.05) is 0 Å². The van der Waals surface area contributed by atoms with Gasteiger partial charge in [0.05, 0.1) is 11.4 Å². The first kappa shape index (κ1) is 7.66. The maximum absolute atomic E-state index is 5.68. The number of hydrogen-bond donors (Lipinski definition) is 2. The Morgan fingerprint density at radius 3 is 2.30 bits per heavy atom. The molecule has 2 nitrogen and oxygen atoms in total. The summed E-state index contributed by atoms with van der Waals surface area (Å²) in [7, 11) is 0. The van der Waals surface area contributed by atoms with Crippen molar-refractivity contribution < 1.29 is 0 Å². The molecular weight excluding hydrogens is 192 g/mol. The molecule has 56 valence electrons. The molecule has 0 aliphatic heterocycles. The van der Waals surface area contributed by atoms with Gasteiger partial charge in [-0.2, -0.15) is 0 Å². The summed E-state index contributed by atoms with van der Waals surface area (Å²) in [5.41, 5.74) is 14.0. The molecule has 0 radical (unpaired) electrons. The van der Waals surface area contributed by atoms with E-state index < -0.39 is 0 Å². The molecule has 0 atom stereocenters. The molecule has 1 rings (SSSR count). The molecule has 0 unspecified atom stereocenters. The maximum atomic E-state index is 5.68. The zero-order chi connectivity index (χ0) is 7.72. The van der Waals surface area contributed by atoms with E-state index >= 15 is 0 Å². The lowest BCUT2D eigenvalue weighted by Gasteiger charge is -2.15. The molecule has 0 fully saturated rings. The van der Waals surface area contributed by atoms with E-state index in [1.54, 1.807) is 0 Å². The molecular formula is C7H11BrN2. The lowest BCUT2D eigenvalue weighted by molar-refractivity contribution is 0.896. The average molecular weight is 203 g/mol. The molecule has 0 bridgehead atoms. The van der Waals surface area contributed by atoms with Gasteiger partial charge in [-0.3, -0.25) is 0 Å². The van der Waals surface area contributed by atoms with Crippen LogP contribution in [-0.4, -0.2) is 0 Å². The van der Waals surface area contributed by atoms with Crippen molar-refractivity contribution in [3.63, 3.8) is 0 Å². The summed E-state index contributed by atoms with van der Waals surface area (Å²) >= 11 is 3.36. The van der Waals surface area contributed by atoms with E-state index in [1.807, 2.05) is 6.92 Å². The lowest BCUT2D eigenvalue weighted by Crippen LogP contribution is -2.16. The Labute approximate surface area is 69.1 Å². The monoisotopic (exact) mass is 202 g/mol. The number of rotatable bonds is 0. The normalized spacial score (nSPS) is 20.2. The molecule has 0 amide bonds. The number of hydrogen-bond acceptors (Lipinski definition) is 2. The van der Waals surface area contributed by atoms with Crippen molar-refractivity contribution in [1.29, 1.82) is 0 Å². The van der Waals surface area contributed by atoms with E-state index in [-0.39, 0.29) is 0 Å². The zero-order valence-corrected chi connectivity index (χ0v) is 7.53. The molecule has 3 heteroatoms. The Balaban J connectivity index is 3.01. The van der Waals surface area contributed by atoms with Crippen LogP contribution in [0.2, 0.25) is 0 Å². The summed E-state index contributed by atoms with van der Waals surface area (Å²) in [6.07, 6.45) is 2.01. The first-order valence-electron chi connectivity index (χ1n) is 3.22. The van der Waals surface area contributed by atoms with E-state index in [1.165, 1.54) is 5.57 Å². The molecule has 0 saturated carbocycles. The first-order chi connectivity index (χ1) is 4.63. The van der Waals surface area contributed by atoms with Gasteiger partial charge in [-0.15, -0.1) is 0 Å². The highest BCUT2D eigenvalue weighted by atomic mass is 79.9. The minimum atomic E-state index is 0.712. The fraction of sp³-hybridized carbons (Fsp3) is 0.429. The Hall–Kier alpha value is -0.440. The van der Waals surface area contributed by atoms with Crippen molar-refractivity contribution in [3.05, 3.63) is 21.4 Å². The predicted octanol–water partition coefficient (Wildman–Crippen LogP) is 1.58. The third-order valence-electron chi connectivity index (χ3n) is 1.76. The summed E-state index contributed by atoms with van der Waals surface area (Å²) in [4.78, 5) is 0. The minimum Gasteiger partial charge on any atom is -0.397 e. The van der Waals surface area contributed by atoms with Crippen LogP contribution < -0.4 is 11.5 Å². The highest BCUT2D eigenvalue weighted by Gasteiger charge is 2.11. The number of allylic oxidation sites excluding steroid dienone is 2. The fourth-order valence-corrected chi connectivity index (χ4v) is 1.35. The maximum Gasteiger partial charge on any atom is 0.0650 e.